The Morgan fingerprint density at radius 3 is 2.48 bits per heavy atom. The minimum absolute atomic E-state index is 0.383. The van der Waals surface area contributed by atoms with Gasteiger partial charge in [0, 0.05) is 30.1 Å². The maximum Gasteiger partial charge on any atom is 0.138 e. The number of nitrogens with zero attached hydrogens (tertiary/aromatic N) is 4. The Bertz CT molecular complexity index is 932. The summed E-state index contributed by atoms with van der Waals surface area (Å²) in [6.45, 7) is 0.963. The first-order chi connectivity index (χ1) is 13.3. The van der Waals surface area contributed by atoms with Crippen molar-refractivity contribution in [3.05, 3.63) is 78.1 Å². The van der Waals surface area contributed by atoms with Gasteiger partial charge in [0.15, 0.2) is 0 Å². The van der Waals surface area contributed by atoms with Crippen molar-refractivity contribution in [3.8, 4) is 0 Å². The number of hydrogen-bond acceptors (Lipinski definition) is 5. The standard InChI is InChI=1S/C22H22N4S/c1-25-19-13-12-18(26(19)14-16-8-4-2-5-9-16)20-21(25)23-15-24-22(20)27-17-10-6-3-7-11-17/h2-11,15,18-19H,12-14H2,1H3/t18-,19+/m0/s1. The second-order valence-corrected chi connectivity index (χ2v) is 8.24. The van der Waals surface area contributed by atoms with Gasteiger partial charge in [0.25, 0.3) is 0 Å². The van der Waals surface area contributed by atoms with Crippen LogP contribution < -0.4 is 4.90 Å². The summed E-state index contributed by atoms with van der Waals surface area (Å²) in [5.74, 6) is 1.10. The monoisotopic (exact) mass is 374 g/mol. The summed E-state index contributed by atoms with van der Waals surface area (Å²) in [7, 11) is 2.17. The van der Waals surface area contributed by atoms with Gasteiger partial charge in [-0.25, -0.2) is 9.97 Å². The molecule has 136 valence electrons. The lowest BCUT2D eigenvalue weighted by atomic mass is 10.1. The SMILES string of the molecule is CN1c2ncnc(Sc3ccccc3)c2[C@@H]2CC[C@H]1N2Cc1ccccc1. The van der Waals surface area contributed by atoms with Crippen molar-refractivity contribution in [2.75, 3.05) is 11.9 Å². The van der Waals surface area contributed by atoms with Gasteiger partial charge in [-0.1, -0.05) is 60.3 Å². The number of hydrogen-bond donors (Lipinski definition) is 0. The van der Waals surface area contributed by atoms with Gasteiger partial charge >= 0.3 is 0 Å². The Kier molecular flexibility index (Phi) is 4.34. The number of fused-ring (bicyclic) bond motifs is 4. The van der Waals surface area contributed by atoms with Gasteiger partial charge < -0.3 is 4.90 Å². The minimum atomic E-state index is 0.383. The van der Waals surface area contributed by atoms with Crippen LogP contribution in [0.1, 0.15) is 30.0 Å². The molecular weight excluding hydrogens is 352 g/mol. The Balaban J connectivity index is 1.53. The number of benzene rings is 2. The zero-order chi connectivity index (χ0) is 18.2. The van der Waals surface area contributed by atoms with E-state index in [9.17, 15) is 0 Å². The number of anilines is 1. The van der Waals surface area contributed by atoms with Crippen LogP contribution in [0.5, 0.6) is 0 Å². The summed E-state index contributed by atoms with van der Waals surface area (Å²) in [6, 6.07) is 21.6. The molecular formula is C22H22N4S. The molecule has 2 bridgehead atoms. The third-order valence-electron chi connectivity index (χ3n) is 5.59. The van der Waals surface area contributed by atoms with Crippen LogP contribution in [0.2, 0.25) is 0 Å². The summed E-state index contributed by atoms with van der Waals surface area (Å²) in [5, 5.41) is 1.08. The molecule has 3 heterocycles. The van der Waals surface area contributed by atoms with Crippen LogP contribution in [0.3, 0.4) is 0 Å². The molecule has 0 amide bonds. The fraction of sp³-hybridized carbons (Fsp3) is 0.273. The third-order valence-corrected chi connectivity index (χ3v) is 6.61. The molecule has 2 aliphatic rings. The van der Waals surface area contributed by atoms with Gasteiger partial charge in [-0.3, -0.25) is 4.90 Å². The summed E-state index contributed by atoms with van der Waals surface area (Å²) in [4.78, 5) is 15.5. The first kappa shape index (κ1) is 16.8. The van der Waals surface area contributed by atoms with E-state index in [1.165, 1.54) is 22.4 Å². The predicted octanol–water partition coefficient (Wildman–Crippen LogP) is 4.74. The average Bonchev–Trinajstić information content (AvgIpc) is 3.04. The van der Waals surface area contributed by atoms with E-state index in [4.69, 9.17) is 0 Å². The van der Waals surface area contributed by atoms with Crippen molar-refractivity contribution >= 4 is 17.6 Å². The lowest BCUT2D eigenvalue weighted by Gasteiger charge is -2.42. The molecule has 27 heavy (non-hydrogen) atoms. The first-order valence-electron chi connectivity index (χ1n) is 9.41. The van der Waals surface area contributed by atoms with Crippen molar-refractivity contribution in [1.29, 1.82) is 0 Å². The van der Waals surface area contributed by atoms with E-state index in [0.717, 1.165) is 23.8 Å². The van der Waals surface area contributed by atoms with Crippen LogP contribution >= 0.6 is 11.8 Å². The average molecular weight is 375 g/mol. The van der Waals surface area contributed by atoms with Crippen LogP contribution in [-0.4, -0.2) is 28.1 Å². The Morgan fingerprint density at radius 2 is 1.70 bits per heavy atom. The lowest BCUT2D eigenvalue weighted by Crippen LogP contribution is -2.47. The zero-order valence-electron chi connectivity index (χ0n) is 15.3. The largest absolute Gasteiger partial charge is 0.343 e. The van der Waals surface area contributed by atoms with Crippen molar-refractivity contribution < 1.29 is 0 Å². The molecule has 0 spiro atoms. The molecule has 2 atom stereocenters. The number of aromatic nitrogens is 2. The molecule has 1 fully saturated rings. The predicted molar refractivity (Wildman–Crippen MR) is 109 cm³/mol. The molecule has 2 aliphatic heterocycles. The van der Waals surface area contributed by atoms with E-state index in [1.807, 2.05) is 0 Å². The van der Waals surface area contributed by atoms with Gasteiger partial charge in [0.1, 0.15) is 17.2 Å². The molecule has 4 nitrogen and oxygen atoms in total. The highest BCUT2D eigenvalue weighted by molar-refractivity contribution is 7.99. The Morgan fingerprint density at radius 1 is 0.963 bits per heavy atom. The van der Waals surface area contributed by atoms with Gasteiger partial charge in [-0.2, -0.15) is 0 Å². The molecule has 5 rings (SSSR count). The Labute approximate surface area is 164 Å². The highest BCUT2D eigenvalue weighted by Crippen LogP contribution is 2.49. The molecule has 0 aliphatic carbocycles. The van der Waals surface area contributed by atoms with E-state index >= 15 is 0 Å². The highest BCUT2D eigenvalue weighted by Gasteiger charge is 2.44. The fourth-order valence-electron chi connectivity index (χ4n) is 4.35. The van der Waals surface area contributed by atoms with E-state index in [2.05, 4.69) is 87.5 Å². The molecule has 1 aromatic heterocycles. The van der Waals surface area contributed by atoms with Gasteiger partial charge in [-0.05, 0) is 30.5 Å². The summed E-state index contributed by atoms with van der Waals surface area (Å²) >= 11 is 1.75. The number of rotatable bonds is 4. The van der Waals surface area contributed by atoms with Gasteiger partial charge in [0.2, 0.25) is 0 Å². The van der Waals surface area contributed by atoms with Crippen molar-refractivity contribution in [3.63, 3.8) is 0 Å². The second-order valence-electron chi connectivity index (χ2n) is 7.17. The van der Waals surface area contributed by atoms with Crippen molar-refractivity contribution in [1.82, 2.24) is 14.9 Å². The molecule has 5 heteroatoms. The minimum Gasteiger partial charge on any atom is -0.343 e. The van der Waals surface area contributed by atoms with Crippen molar-refractivity contribution in [2.24, 2.45) is 0 Å². The molecule has 0 unspecified atom stereocenters. The van der Waals surface area contributed by atoms with Gasteiger partial charge in [-0.15, -0.1) is 0 Å². The molecule has 2 aromatic carbocycles. The molecule has 3 aromatic rings. The highest BCUT2D eigenvalue weighted by atomic mass is 32.2. The maximum absolute atomic E-state index is 4.68. The molecule has 0 N–H and O–H groups in total. The van der Waals surface area contributed by atoms with Crippen LogP contribution in [0.15, 0.2) is 76.9 Å². The molecule has 0 radical (unpaired) electrons. The van der Waals surface area contributed by atoms with Crippen LogP contribution in [0.25, 0.3) is 0 Å². The maximum atomic E-state index is 4.68. The van der Waals surface area contributed by atoms with E-state index in [0.29, 0.717) is 12.2 Å². The smallest absolute Gasteiger partial charge is 0.138 e. The topological polar surface area (TPSA) is 32.3 Å². The van der Waals surface area contributed by atoms with E-state index < -0.39 is 0 Å². The quantitative estimate of drug-likeness (QED) is 0.616. The summed E-state index contributed by atoms with van der Waals surface area (Å²) < 4.78 is 0. The fourth-order valence-corrected chi connectivity index (χ4v) is 5.30. The Hall–Kier alpha value is -2.37. The first-order valence-corrected chi connectivity index (χ1v) is 10.2. The van der Waals surface area contributed by atoms with Gasteiger partial charge in [0.05, 0.1) is 6.17 Å². The third kappa shape index (κ3) is 3.01. The summed E-state index contributed by atoms with van der Waals surface area (Å²) in [6.07, 6.45) is 4.45. The van der Waals surface area contributed by atoms with E-state index in [-0.39, 0.29) is 0 Å². The van der Waals surface area contributed by atoms with Crippen molar-refractivity contribution in [2.45, 2.75) is 41.5 Å². The van der Waals surface area contributed by atoms with Crippen LogP contribution in [-0.2, 0) is 6.54 Å². The molecule has 0 saturated carbocycles. The molecule has 1 saturated heterocycles. The van der Waals surface area contributed by atoms with E-state index in [1.54, 1.807) is 18.1 Å². The summed E-state index contributed by atoms with van der Waals surface area (Å²) in [5.41, 5.74) is 2.65. The lowest BCUT2D eigenvalue weighted by molar-refractivity contribution is 0.167. The van der Waals surface area contributed by atoms with Crippen LogP contribution in [0.4, 0.5) is 5.82 Å². The normalized spacial score (nSPS) is 21.3. The zero-order valence-corrected chi connectivity index (χ0v) is 16.1. The second kappa shape index (κ2) is 6.98. The van der Waals surface area contributed by atoms with Crippen LogP contribution in [0, 0.1) is 0 Å².